The molecule has 2 rings (SSSR count). The molecule has 1 aromatic rings. The van der Waals surface area contributed by atoms with Crippen LogP contribution in [0.1, 0.15) is 25.7 Å². The van der Waals surface area contributed by atoms with E-state index in [1.165, 1.54) is 12.1 Å². The standard InChI is InChI=1S/C14H21FN2O2S/c1-17-8-3-2-4-12(17)7-9-20(18,19)14-10-11(15)5-6-13(14)16/h5-6,10,12H,2-4,7-9,16H2,1H3. The molecule has 1 aliphatic heterocycles. The number of benzene rings is 1. The minimum Gasteiger partial charge on any atom is -0.398 e. The van der Waals surface area contributed by atoms with Crippen molar-refractivity contribution in [2.75, 3.05) is 25.1 Å². The van der Waals surface area contributed by atoms with Crippen LogP contribution < -0.4 is 5.73 Å². The molecule has 1 heterocycles. The molecule has 20 heavy (non-hydrogen) atoms. The van der Waals surface area contributed by atoms with E-state index in [0.717, 1.165) is 31.9 Å². The Morgan fingerprint density at radius 3 is 2.85 bits per heavy atom. The largest absolute Gasteiger partial charge is 0.398 e. The predicted molar refractivity (Wildman–Crippen MR) is 77.8 cm³/mol. The Labute approximate surface area is 119 Å². The van der Waals surface area contributed by atoms with Crippen molar-refractivity contribution in [3.8, 4) is 0 Å². The lowest BCUT2D eigenvalue weighted by molar-refractivity contribution is 0.181. The van der Waals surface area contributed by atoms with Crippen molar-refractivity contribution in [2.45, 2.75) is 36.6 Å². The van der Waals surface area contributed by atoms with E-state index in [1.807, 2.05) is 7.05 Å². The summed E-state index contributed by atoms with van der Waals surface area (Å²) in [5.41, 5.74) is 5.77. The molecular weight excluding hydrogens is 279 g/mol. The molecule has 1 unspecified atom stereocenters. The lowest BCUT2D eigenvalue weighted by Crippen LogP contribution is -2.37. The Bertz CT molecular complexity index is 575. The van der Waals surface area contributed by atoms with Gasteiger partial charge in [-0.3, -0.25) is 0 Å². The molecule has 1 aliphatic rings. The van der Waals surface area contributed by atoms with E-state index in [1.54, 1.807) is 0 Å². The number of piperidine rings is 1. The second-order valence-electron chi connectivity index (χ2n) is 5.42. The van der Waals surface area contributed by atoms with Gasteiger partial charge in [0, 0.05) is 6.04 Å². The summed E-state index contributed by atoms with van der Waals surface area (Å²) in [6.07, 6.45) is 3.88. The highest BCUT2D eigenvalue weighted by atomic mass is 32.2. The fourth-order valence-electron chi connectivity index (χ4n) is 2.69. The van der Waals surface area contributed by atoms with Crippen LogP contribution in [0, 0.1) is 5.82 Å². The van der Waals surface area contributed by atoms with Crippen molar-refractivity contribution in [3.05, 3.63) is 24.0 Å². The van der Waals surface area contributed by atoms with Crippen LogP contribution in [0.3, 0.4) is 0 Å². The van der Waals surface area contributed by atoms with Crippen LogP contribution in [-0.2, 0) is 9.84 Å². The Kier molecular flexibility index (Phi) is 4.65. The number of nitrogen functional groups attached to an aromatic ring is 1. The van der Waals surface area contributed by atoms with Gasteiger partial charge in [0.2, 0.25) is 0 Å². The highest BCUT2D eigenvalue weighted by molar-refractivity contribution is 7.91. The average Bonchev–Trinajstić information content (AvgIpc) is 2.40. The number of likely N-dealkylation sites (tertiary alicyclic amines) is 1. The first-order valence-corrected chi connectivity index (χ1v) is 8.53. The second-order valence-corrected chi connectivity index (χ2v) is 7.50. The van der Waals surface area contributed by atoms with E-state index in [-0.39, 0.29) is 22.4 Å². The lowest BCUT2D eigenvalue weighted by Gasteiger charge is -2.32. The summed E-state index contributed by atoms with van der Waals surface area (Å²) in [6.45, 7) is 1.01. The first-order valence-electron chi connectivity index (χ1n) is 6.88. The normalized spacial score (nSPS) is 21.0. The molecular formula is C14H21FN2O2S. The lowest BCUT2D eigenvalue weighted by atomic mass is 10.0. The van der Waals surface area contributed by atoms with Gasteiger partial charge in [0.15, 0.2) is 9.84 Å². The van der Waals surface area contributed by atoms with Gasteiger partial charge in [-0.2, -0.15) is 0 Å². The van der Waals surface area contributed by atoms with E-state index in [2.05, 4.69) is 4.90 Å². The van der Waals surface area contributed by atoms with E-state index in [0.29, 0.717) is 6.42 Å². The number of hydrogen-bond donors (Lipinski definition) is 1. The molecule has 0 amide bonds. The first kappa shape index (κ1) is 15.3. The van der Waals surface area contributed by atoms with E-state index >= 15 is 0 Å². The van der Waals surface area contributed by atoms with Crippen LogP contribution >= 0.6 is 0 Å². The fourth-order valence-corrected chi connectivity index (χ4v) is 4.21. The Balaban J connectivity index is 2.09. The molecule has 1 saturated heterocycles. The van der Waals surface area contributed by atoms with Crippen molar-refractivity contribution in [1.82, 2.24) is 4.90 Å². The van der Waals surface area contributed by atoms with Crippen molar-refractivity contribution in [3.63, 3.8) is 0 Å². The third-order valence-electron chi connectivity index (χ3n) is 3.95. The molecule has 1 fully saturated rings. The number of hydrogen-bond acceptors (Lipinski definition) is 4. The summed E-state index contributed by atoms with van der Waals surface area (Å²) in [5, 5.41) is 0. The molecule has 1 aromatic carbocycles. The molecule has 0 saturated carbocycles. The zero-order valence-electron chi connectivity index (χ0n) is 11.7. The highest BCUT2D eigenvalue weighted by Gasteiger charge is 2.24. The fraction of sp³-hybridized carbons (Fsp3) is 0.571. The van der Waals surface area contributed by atoms with Gasteiger partial charge in [0.1, 0.15) is 5.82 Å². The third kappa shape index (κ3) is 3.49. The molecule has 0 aromatic heterocycles. The molecule has 2 N–H and O–H groups in total. The van der Waals surface area contributed by atoms with Crippen molar-refractivity contribution in [1.29, 1.82) is 0 Å². The molecule has 0 spiro atoms. The van der Waals surface area contributed by atoms with Gasteiger partial charge < -0.3 is 10.6 Å². The number of nitrogens with zero attached hydrogens (tertiary/aromatic N) is 1. The van der Waals surface area contributed by atoms with Gasteiger partial charge in [-0.15, -0.1) is 0 Å². The predicted octanol–water partition coefficient (Wildman–Crippen LogP) is 2.06. The van der Waals surface area contributed by atoms with Gasteiger partial charge in [-0.25, -0.2) is 12.8 Å². The second kappa shape index (κ2) is 6.10. The van der Waals surface area contributed by atoms with Gasteiger partial charge >= 0.3 is 0 Å². The minimum absolute atomic E-state index is 0.00958. The average molecular weight is 300 g/mol. The minimum atomic E-state index is -3.53. The molecule has 0 radical (unpaired) electrons. The topological polar surface area (TPSA) is 63.4 Å². The quantitative estimate of drug-likeness (QED) is 0.865. The Hall–Kier alpha value is -1.14. The van der Waals surface area contributed by atoms with Crippen LogP contribution in [0.15, 0.2) is 23.1 Å². The zero-order valence-corrected chi connectivity index (χ0v) is 12.5. The van der Waals surface area contributed by atoms with Gasteiger partial charge in [0.05, 0.1) is 16.3 Å². The van der Waals surface area contributed by atoms with Crippen LogP contribution in [-0.4, -0.2) is 38.7 Å². The first-order chi connectivity index (χ1) is 9.40. The van der Waals surface area contributed by atoms with Crippen LogP contribution in [0.25, 0.3) is 0 Å². The Morgan fingerprint density at radius 1 is 1.40 bits per heavy atom. The summed E-state index contributed by atoms with van der Waals surface area (Å²) in [6, 6.07) is 3.77. The smallest absolute Gasteiger partial charge is 0.180 e. The van der Waals surface area contributed by atoms with Crippen molar-refractivity contribution in [2.24, 2.45) is 0 Å². The molecule has 0 aliphatic carbocycles. The molecule has 6 heteroatoms. The zero-order chi connectivity index (χ0) is 14.8. The number of anilines is 1. The van der Waals surface area contributed by atoms with Crippen LogP contribution in [0.5, 0.6) is 0 Å². The maximum Gasteiger partial charge on any atom is 0.180 e. The maximum atomic E-state index is 13.2. The summed E-state index contributed by atoms with van der Waals surface area (Å²) < 4.78 is 37.8. The number of halogens is 1. The number of rotatable bonds is 4. The van der Waals surface area contributed by atoms with E-state index in [9.17, 15) is 12.8 Å². The molecule has 1 atom stereocenters. The summed E-state index contributed by atoms with van der Waals surface area (Å²) >= 11 is 0. The highest BCUT2D eigenvalue weighted by Crippen LogP contribution is 2.24. The van der Waals surface area contributed by atoms with Gasteiger partial charge in [-0.1, -0.05) is 6.42 Å². The number of sulfone groups is 1. The number of nitrogens with two attached hydrogens (primary N) is 1. The van der Waals surface area contributed by atoms with E-state index in [4.69, 9.17) is 5.73 Å². The van der Waals surface area contributed by atoms with Crippen molar-refractivity contribution < 1.29 is 12.8 Å². The molecule has 0 bridgehead atoms. The van der Waals surface area contributed by atoms with Crippen LogP contribution in [0.4, 0.5) is 10.1 Å². The SMILES string of the molecule is CN1CCCCC1CCS(=O)(=O)c1cc(F)ccc1N. The van der Waals surface area contributed by atoms with Gasteiger partial charge in [-0.05, 0) is 51.1 Å². The summed E-state index contributed by atoms with van der Waals surface area (Å²) in [5.74, 6) is -0.567. The third-order valence-corrected chi connectivity index (χ3v) is 5.75. The summed E-state index contributed by atoms with van der Waals surface area (Å²) in [4.78, 5) is 2.12. The molecule has 112 valence electrons. The van der Waals surface area contributed by atoms with E-state index < -0.39 is 15.7 Å². The Morgan fingerprint density at radius 2 is 2.15 bits per heavy atom. The summed E-state index contributed by atoms with van der Waals surface area (Å²) in [7, 11) is -1.51. The van der Waals surface area contributed by atoms with Crippen LogP contribution in [0.2, 0.25) is 0 Å². The van der Waals surface area contributed by atoms with Crippen molar-refractivity contribution >= 4 is 15.5 Å². The monoisotopic (exact) mass is 300 g/mol. The maximum absolute atomic E-state index is 13.2. The molecule has 4 nitrogen and oxygen atoms in total. The van der Waals surface area contributed by atoms with Gasteiger partial charge in [0.25, 0.3) is 0 Å².